The molecule has 4 heterocycles. The van der Waals surface area contributed by atoms with Crippen LogP contribution in [0, 0.1) is 33.5 Å². The van der Waals surface area contributed by atoms with Crippen LogP contribution in [0.5, 0.6) is 0 Å². The van der Waals surface area contributed by atoms with Crippen molar-refractivity contribution < 1.29 is 14.7 Å². The lowest BCUT2D eigenvalue weighted by atomic mass is 9.92. The molecule has 0 radical (unpaired) electrons. The van der Waals surface area contributed by atoms with Crippen molar-refractivity contribution in [1.29, 1.82) is 10.5 Å². The summed E-state index contributed by atoms with van der Waals surface area (Å²) in [6.07, 6.45) is 4.67. The minimum atomic E-state index is -0.959. The zero-order valence-electron chi connectivity index (χ0n) is 27.1. The molecule has 1 amide bonds. The largest absolute Gasteiger partial charge is 0.478 e. The van der Waals surface area contributed by atoms with Crippen molar-refractivity contribution in [2.75, 3.05) is 36.8 Å². The van der Waals surface area contributed by atoms with Crippen molar-refractivity contribution >= 4 is 35.9 Å². The molecule has 2 atom stereocenters. The van der Waals surface area contributed by atoms with Crippen molar-refractivity contribution in [1.82, 2.24) is 20.2 Å². The van der Waals surface area contributed by atoms with Crippen LogP contribution in [0.1, 0.15) is 88.9 Å². The second-order valence-electron chi connectivity index (χ2n) is 13.7. The number of nitriles is 2. The average molecular weight is 627 g/mol. The fraction of sp³-hybridized carbons (Fsp3) is 0.562. The van der Waals surface area contributed by atoms with Gasteiger partial charge in [0.15, 0.2) is 0 Å². The molecule has 2 unspecified atom stereocenters. The number of carboxylic acid groups (broad SMARTS) is 1. The van der Waals surface area contributed by atoms with E-state index in [1.54, 1.807) is 23.2 Å². The molecule has 2 aromatic heterocycles. The number of anilines is 2. The van der Waals surface area contributed by atoms with Crippen LogP contribution >= 0.6 is 12.4 Å². The highest BCUT2D eigenvalue weighted by atomic mass is 35.5. The smallest absolute Gasteiger partial charge is 0.337 e. The van der Waals surface area contributed by atoms with Crippen LogP contribution in [0.4, 0.5) is 11.6 Å². The maximum atomic E-state index is 12.4. The van der Waals surface area contributed by atoms with E-state index < -0.39 is 11.4 Å². The summed E-state index contributed by atoms with van der Waals surface area (Å²) in [6, 6.07) is 11.4. The normalized spacial score (nSPS) is 20.7. The van der Waals surface area contributed by atoms with Gasteiger partial charge < -0.3 is 26.0 Å². The van der Waals surface area contributed by atoms with Gasteiger partial charge in [0.1, 0.15) is 11.6 Å². The first kappa shape index (κ1) is 38.1. The quantitative estimate of drug-likeness (QED) is 0.336. The highest BCUT2D eigenvalue weighted by Gasteiger charge is 2.36. The molecule has 240 valence electrons. The number of aromatic carboxylic acids is 1. The number of hydrogen-bond donors (Lipinski definition) is 4. The Morgan fingerprint density at radius 2 is 1.39 bits per heavy atom. The Bertz CT molecular complexity index is 1320. The highest BCUT2D eigenvalue weighted by Crippen LogP contribution is 2.30. The minimum Gasteiger partial charge on any atom is -0.478 e. The lowest BCUT2D eigenvalue weighted by Crippen LogP contribution is -2.31. The zero-order valence-corrected chi connectivity index (χ0v) is 27.9. The summed E-state index contributed by atoms with van der Waals surface area (Å²) < 4.78 is 0. The first-order chi connectivity index (χ1) is 19.9. The maximum absolute atomic E-state index is 12.4. The van der Waals surface area contributed by atoms with E-state index in [1.807, 2.05) is 40.7 Å². The second-order valence-corrected chi connectivity index (χ2v) is 13.7. The van der Waals surface area contributed by atoms with Crippen molar-refractivity contribution in [3.8, 4) is 12.1 Å². The van der Waals surface area contributed by atoms with Crippen molar-refractivity contribution in [3.63, 3.8) is 0 Å². The summed E-state index contributed by atoms with van der Waals surface area (Å²) in [5.41, 5.74) is 0.137. The van der Waals surface area contributed by atoms with Crippen LogP contribution in [-0.4, -0.2) is 69.1 Å². The highest BCUT2D eigenvalue weighted by molar-refractivity contribution is 5.94. The van der Waals surface area contributed by atoms with Gasteiger partial charge in [-0.2, -0.15) is 10.5 Å². The van der Waals surface area contributed by atoms with Crippen molar-refractivity contribution in [2.24, 2.45) is 10.8 Å². The first-order valence-electron chi connectivity index (χ1n) is 14.4. The average Bonchev–Trinajstić information content (AvgIpc) is 3.55. The summed E-state index contributed by atoms with van der Waals surface area (Å²) in [5, 5.41) is 35.9. The Hall–Kier alpha value is -3.93. The van der Waals surface area contributed by atoms with Crippen LogP contribution < -0.4 is 16.0 Å². The summed E-state index contributed by atoms with van der Waals surface area (Å²) in [5.74, 6) is 0.424. The van der Waals surface area contributed by atoms with E-state index in [0.29, 0.717) is 24.5 Å². The number of amides is 1. The monoisotopic (exact) mass is 626 g/mol. The molecule has 4 N–H and O–H groups in total. The van der Waals surface area contributed by atoms with Gasteiger partial charge in [-0.25, -0.2) is 14.8 Å². The predicted molar refractivity (Wildman–Crippen MR) is 175 cm³/mol. The van der Waals surface area contributed by atoms with Gasteiger partial charge in [-0.05, 0) is 99.0 Å². The molecule has 2 aliphatic rings. The Labute approximate surface area is 267 Å². The summed E-state index contributed by atoms with van der Waals surface area (Å²) in [7, 11) is 0. The first-order valence-corrected chi connectivity index (χ1v) is 14.4. The van der Waals surface area contributed by atoms with Crippen LogP contribution in [0.25, 0.3) is 0 Å². The summed E-state index contributed by atoms with van der Waals surface area (Å²) >= 11 is 0. The van der Waals surface area contributed by atoms with Gasteiger partial charge in [0, 0.05) is 43.1 Å². The Balaban J connectivity index is 0.000000362. The lowest BCUT2D eigenvalue weighted by Gasteiger charge is -2.21. The molecule has 0 spiro atoms. The van der Waals surface area contributed by atoms with E-state index in [0.717, 1.165) is 31.7 Å². The molecule has 0 aliphatic carbocycles. The third-order valence-corrected chi connectivity index (χ3v) is 6.70. The number of nitrogens with one attached hydrogen (secondary N) is 3. The number of aromatic nitrogens is 2. The topological polar surface area (TPSA) is 167 Å². The number of halogens is 1. The van der Waals surface area contributed by atoms with Gasteiger partial charge in [0.05, 0.1) is 34.1 Å². The van der Waals surface area contributed by atoms with Gasteiger partial charge in [-0.15, -0.1) is 12.4 Å². The Morgan fingerprint density at radius 1 is 0.886 bits per heavy atom. The molecule has 0 bridgehead atoms. The predicted octanol–water partition coefficient (Wildman–Crippen LogP) is 5.59. The van der Waals surface area contributed by atoms with Crippen molar-refractivity contribution in [2.45, 2.75) is 79.3 Å². The second kappa shape index (κ2) is 15.7. The Morgan fingerprint density at radius 3 is 1.70 bits per heavy atom. The SMILES string of the molecule is CC(C)(C)Nc1ccc(C(=O)O)cn1.CC1(C#N)CCN(C(=O)c2ccc(NC(C)(C)C)nc2)C1.CC1(C#N)CCNC1.Cl. The van der Waals surface area contributed by atoms with Gasteiger partial charge in [-0.1, -0.05) is 0 Å². The third-order valence-electron chi connectivity index (χ3n) is 6.70. The number of carbonyl (C=O) groups excluding carboxylic acids is 1. The number of pyridine rings is 2. The molecule has 2 aliphatic heterocycles. The molecule has 2 saturated heterocycles. The van der Waals surface area contributed by atoms with Crippen LogP contribution in [0.15, 0.2) is 36.7 Å². The van der Waals surface area contributed by atoms with Crippen LogP contribution in [-0.2, 0) is 0 Å². The van der Waals surface area contributed by atoms with E-state index >= 15 is 0 Å². The molecule has 12 heteroatoms. The maximum Gasteiger partial charge on any atom is 0.337 e. The fourth-order valence-electron chi connectivity index (χ4n) is 4.28. The van der Waals surface area contributed by atoms with Gasteiger partial charge >= 0.3 is 5.97 Å². The van der Waals surface area contributed by atoms with Gasteiger partial charge in [-0.3, -0.25) is 4.79 Å². The standard InChI is InChI=1S/C16H22N4O.C10H14N2O2.C6H10N2.ClH/c1-15(2,3)19-13-6-5-12(9-18-13)14(21)20-8-7-16(4,10-17)11-20;1-10(2,3)12-8-5-4-7(6-11-8)9(13)14;1-6(4-7)2-3-8-5-6;/h5-6,9H,7-8,11H2,1-4H3,(H,18,19);4-6H,1-3H3,(H,11,12)(H,13,14);8H,2-3,5H2,1H3;1H. The number of carboxylic acids is 1. The van der Waals surface area contributed by atoms with E-state index in [2.05, 4.69) is 58.8 Å². The number of likely N-dealkylation sites (tertiary alicyclic amines) is 1. The van der Waals surface area contributed by atoms with E-state index in [9.17, 15) is 9.59 Å². The van der Waals surface area contributed by atoms with E-state index in [1.165, 1.54) is 12.3 Å². The van der Waals surface area contributed by atoms with Crippen LogP contribution in [0.2, 0.25) is 0 Å². The van der Waals surface area contributed by atoms with E-state index in [-0.39, 0.29) is 40.4 Å². The molecule has 2 aromatic rings. The molecule has 2 fully saturated rings. The molecule has 0 saturated carbocycles. The molecular weight excluding hydrogens is 580 g/mol. The lowest BCUT2D eigenvalue weighted by molar-refractivity contribution is 0.0695. The fourth-order valence-corrected chi connectivity index (χ4v) is 4.28. The van der Waals surface area contributed by atoms with Gasteiger partial charge in [0.25, 0.3) is 5.91 Å². The van der Waals surface area contributed by atoms with Crippen LogP contribution in [0.3, 0.4) is 0 Å². The number of carbonyl (C=O) groups is 2. The summed E-state index contributed by atoms with van der Waals surface area (Å²) in [4.78, 5) is 33.0. The van der Waals surface area contributed by atoms with E-state index in [4.69, 9.17) is 15.6 Å². The zero-order chi connectivity index (χ0) is 32.5. The minimum absolute atomic E-state index is 0. The van der Waals surface area contributed by atoms with Gasteiger partial charge in [0.2, 0.25) is 0 Å². The molecule has 4 rings (SSSR count). The molecule has 11 nitrogen and oxygen atoms in total. The molecular formula is C32H47ClN8O3. The van der Waals surface area contributed by atoms with Crippen molar-refractivity contribution in [3.05, 3.63) is 47.8 Å². The number of hydrogen-bond acceptors (Lipinski definition) is 9. The third kappa shape index (κ3) is 12.7. The molecule has 44 heavy (non-hydrogen) atoms. The number of nitrogens with zero attached hydrogens (tertiary/aromatic N) is 5. The number of rotatable bonds is 4. The summed E-state index contributed by atoms with van der Waals surface area (Å²) in [6.45, 7) is 19.1. The molecule has 0 aromatic carbocycles. The Kier molecular flexibility index (Phi) is 13.6.